The Balaban J connectivity index is 2.30. The zero-order chi connectivity index (χ0) is 12.4. The van der Waals surface area contributed by atoms with Crippen molar-refractivity contribution in [2.45, 2.75) is 30.1 Å². The lowest BCUT2D eigenvalue weighted by atomic mass is 10.5. The number of nitrogens with zero attached hydrogens (tertiary/aromatic N) is 4. The molecule has 0 spiro atoms. The van der Waals surface area contributed by atoms with Gasteiger partial charge >= 0.3 is 5.69 Å². The molecule has 0 fully saturated rings. The standard InChI is InChI=1S/C9H14N6OS/c1-3-4-15-8(16)11-12-9(15)17-7-6(10)5-14(2)13-7/h5H,3-4,10H2,1-2H3,(H,11,16). The number of hydrogen-bond donors (Lipinski definition) is 2. The fourth-order valence-electron chi connectivity index (χ4n) is 1.45. The van der Waals surface area contributed by atoms with Gasteiger partial charge < -0.3 is 5.73 Å². The molecule has 3 N–H and O–H groups in total. The minimum Gasteiger partial charge on any atom is -0.395 e. The average molecular weight is 254 g/mol. The molecular weight excluding hydrogens is 240 g/mol. The third-order valence-electron chi connectivity index (χ3n) is 2.18. The van der Waals surface area contributed by atoms with Crippen molar-refractivity contribution in [2.75, 3.05) is 5.73 Å². The molecule has 0 aliphatic heterocycles. The first-order valence-corrected chi connectivity index (χ1v) is 6.05. The molecule has 0 radical (unpaired) electrons. The van der Waals surface area contributed by atoms with Gasteiger partial charge in [-0.3, -0.25) is 9.25 Å². The molecule has 0 atom stereocenters. The van der Waals surface area contributed by atoms with Gasteiger partial charge in [0, 0.05) is 19.8 Å². The molecule has 92 valence electrons. The molecule has 0 saturated carbocycles. The monoisotopic (exact) mass is 254 g/mol. The van der Waals surface area contributed by atoms with Crippen LogP contribution in [0.15, 0.2) is 21.2 Å². The molecule has 0 aliphatic rings. The van der Waals surface area contributed by atoms with E-state index in [1.54, 1.807) is 22.5 Å². The fourth-order valence-corrected chi connectivity index (χ4v) is 2.34. The van der Waals surface area contributed by atoms with E-state index in [-0.39, 0.29) is 5.69 Å². The van der Waals surface area contributed by atoms with Gasteiger partial charge in [-0.05, 0) is 18.2 Å². The highest BCUT2D eigenvalue weighted by Crippen LogP contribution is 2.28. The number of aromatic nitrogens is 5. The minimum absolute atomic E-state index is 0.205. The van der Waals surface area contributed by atoms with Crippen molar-refractivity contribution in [3.05, 3.63) is 16.7 Å². The van der Waals surface area contributed by atoms with Crippen LogP contribution in [-0.4, -0.2) is 24.5 Å². The second-order valence-corrected chi connectivity index (χ2v) is 4.58. The van der Waals surface area contributed by atoms with Crippen molar-refractivity contribution in [1.29, 1.82) is 0 Å². The van der Waals surface area contributed by atoms with Gasteiger partial charge in [0.15, 0.2) is 5.16 Å². The van der Waals surface area contributed by atoms with E-state index in [2.05, 4.69) is 15.3 Å². The molecule has 0 aromatic carbocycles. The maximum Gasteiger partial charge on any atom is 0.343 e. The first kappa shape index (κ1) is 11.8. The molecule has 8 heteroatoms. The average Bonchev–Trinajstić information content (AvgIpc) is 2.76. The van der Waals surface area contributed by atoms with Gasteiger partial charge in [-0.15, -0.1) is 5.10 Å². The number of aromatic amines is 1. The van der Waals surface area contributed by atoms with Crippen molar-refractivity contribution in [3.8, 4) is 0 Å². The van der Waals surface area contributed by atoms with E-state index in [9.17, 15) is 4.79 Å². The third-order valence-corrected chi connectivity index (χ3v) is 3.18. The molecule has 0 unspecified atom stereocenters. The van der Waals surface area contributed by atoms with Crippen molar-refractivity contribution in [3.63, 3.8) is 0 Å². The minimum atomic E-state index is -0.205. The fraction of sp³-hybridized carbons (Fsp3) is 0.444. The molecule has 0 aliphatic carbocycles. The number of nitrogens with two attached hydrogens (primary N) is 1. The highest BCUT2D eigenvalue weighted by Gasteiger charge is 2.13. The highest BCUT2D eigenvalue weighted by molar-refractivity contribution is 7.99. The maximum absolute atomic E-state index is 11.5. The Bertz CT molecular complexity index is 568. The highest BCUT2D eigenvalue weighted by atomic mass is 32.2. The van der Waals surface area contributed by atoms with E-state index in [4.69, 9.17) is 5.73 Å². The number of nitrogen functional groups attached to an aromatic ring is 1. The summed E-state index contributed by atoms with van der Waals surface area (Å²) in [5.74, 6) is 0. The first-order valence-electron chi connectivity index (χ1n) is 5.24. The molecule has 17 heavy (non-hydrogen) atoms. The van der Waals surface area contributed by atoms with E-state index in [1.165, 1.54) is 11.8 Å². The Morgan fingerprint density at radius 1 is 1.59 bits per heavy atom. The van der Waals surface area contributed by atoms with E-state index in [1.807, 2.05) is 6.92 Å². The zero-order valence-corrected chi connectivity index (χ0v) is 10.5. The summed E-state index contributed by atoms with van der Waals surface area (Å²) in [6, 6.07) is 0. The maximum atomic E-state index is 11.5. The Hall–Kier alpha value is -1.70. The van der Waals surface area contributed by atoms with Crippen LogP contribution in [0.5, 0.6) is 0 Å². The van der Waals surface area contributed by atoms with Gasteiger partial charge in [-0.2, -0.15) is 5.10 Å². The summed E-state index contributed by atoms with van der Waals surface area (Å²) >= 11 is 1.29. The van der Waals surface area contributed by atoms with E-state index >= 15 is 0 Å². The predicted octanol–water partition coefficient (Wildman–Crippen LogP) is 0.448. The van der Waals surface area contributed by atoms with Crippen molar-refractivity contribution in [2.24, 2.45) is 7.05 Å². The normalized spacial score (nSPS) is 10.9. The van der Waals surface area contributed by atoms with Crippen LogP contribution in [0.1, 0.15) is 13.3 Å². The van der Waals surface area contributed by atoms with E-state index < -0.39 is 0 Å². The smallest absolute Gasteiger partial charge is 0.343 e. The van der Waals surface area contributed by atoms with Gasteiger partial charge in [0.25, 0.3) is 0 Å². The van der Waals surface area contributed by atoms with Gasteiger partial charge in [-0.1, -0.05) is 6.92 Å². The topological polar surface area (TPSA) is 94.5 Å². The molecule has 0 saturated heterocycles. The number of anilines is 1. The summed E-state index contributed by atoms with van der Waals surface area (Å²) in [6.45, 7) is 2.63. The second kappa shape index (κ2) is 4.66. The largest absolute Gasteiger partial charge is 0.395 e. The number of H-pyrrole nitrogens is 1. The Kier molecular flexibility index (Phi) is 3.23. The van der Waals surface area contributed by atoms with Crippen molar-refractivity contribution < 1.29 is 0 Å². The lowest BCUT2D eigenvalue weighted by Gasteiger charge is -2.01. The SMILES string of the molecule is CCCn1c(Sc2nn(C)cc2N)n[nH]c1=O. The second-order valence-electron chi connectivity index (χ2n) is 3.63. The summed E-state index contributed by atoms with van der Waals surface area (Å²) in [6.07, 6.45) is 2.59. The zero-order valence-electron chi connectivity index (χ0n) is 9.67. The molecule has 2 heterocycles. The van der Waals surface area contributed by atoms with Crippen LogP contribution in [-0.2, 0) is 13.6 Å². The predicted molar refractivity (Wildman–Crippen MR) is 64.9 cm³/mol. The van der Waals surface area contributed by atoms with E-state index in [0.717, 1.165) is 6.42 Å². The number of nitrogens with one attached hydrogen (secondary N) is 1. The third kappa shape index (κ3) is 2.36. The summed E-state index contributed by atoms with van der Waals surface area (Å²) in [5.41, 5.74) is 6.17. The van der Waals surface area contributed by atoms with Crippen LogP contribution in [0.25, 0.3) is 0 Å². The number of hydrogen-bond acceptors (Lipinski definition) is 5. The van der Waals surface area contributed by atoms with Gasteiger partial charge in [-0.25, -0.2) is 9.89 Å². The van der Waals surface area contributed by atoms with Crippen LogP contribution in [0, 0.1) is 0 Å². The van der Waals surface area contributed by atoms with Crippen molar-refractivity contribution in [1.82, 2.24) is 24.5 Å². The summed E-state index contributed by atoms with van der Waals surface area (Å²) in [4.78, 5) is 11.5. The molecule has 2 aromatic rings. The van der Waals surface area contributed by atoms with Gasteiger partial charge in [0.1, 0.15) is 5.03 Å². The molecule has 0 amide bonds. The van der Waals surface area contributed by atoms with Crippen molar-refractivity contribution >= 4 is 17.4 Å². The molecule has 7 nitrogen and oxygen atoms in total. The summed E-state index contributed by atoms with van der Waals surface area (Å²) in [5, 5.41) is 11.8. The van der Waals surface area contributed by atoms with Crippen LogP contribution >= 0.6 is 11.8 Å². The van der Waals surface area contributed by atoms with Crippen LogP contribution in [0.4, 0.5) is 5.69 Å². The Labute approximate surface area is 102 Å². The summed E-state index contributed by atoms with van der Waals surface area (Å²) < 4.78 is 3.21. The molecule has 2 aromatic heterocycles. The van der Waals surface area contributed by atoms with Crippen LogP contribution in [0.2, 0.25) is 0 Å². The Morgan fingerprint density at radius 3 is 2.94 bits per heavy atom. The quantitative estimate of drug-likeness (QED) is 0.826. The van der Waals surface area contributed by atoms with Gasteiger partial charge in [0.05, 0.1) is 5.69 Å². The van der Waals surface area contributed by atoms with E-state index in [0.29, 0.717) is 22.4 Å². The number of aryl methyl sites for hydroxylation is 1. The summed E-state index contributed by atoms with van der Waals surface area (Å²) in [7, 11) is 1.80. The number of rotatable bonds is 4. The first-order chi connectivity index (χ1) is 8.11. The van der Waals surface area contributed by atoms with Crippen LogP contribution in [0.3, 0.4) is 0 Å². The Morgan fingerprint density at radius 2 is 2.35 bits per heavy atom. The molecular formula is C9H14N6OS. The lowest BCUT2D eigenvalue weighted by Crippen LogP contribution is -2.17. The molecule has 0 bridgehead atoms. The lowest BCUT2D eigenvalue weighted by molar-refractivity contribution is 0.603. The van der Waals surface area contributed by atoms with Crippen LogP contribution < -0.4 is 11.4 Å². The van der Waals surface area contributed by atoms with Gasteiger partial charge in [0.2, 0.25) is 0 Å². The molecule has 2 rings (SSSR count).